The summed E-state index contributed by atoms with van der Waals surface area (Å²) in [5.41, 5.74) is 0.906. The number of nitro benzene ring substituents is 2. The second kappa shape index (κ2) is 9.87. The van der Waals surface area contributed by atoms with E-state index in [-0.39, 0.29) is 5.56 Å². The summed E-state index contributed by atoms with van der Waals surface area (Å²) in [5.74, 6) is -0.591. The van der Waals surface area contributed by atoms with Crippen molar-refractivity contribution in [3.63, 3.8) is 0 Å². The van der Waals surface area contributed by atoms with E-state index < -0.39 is 27.1 Å². The number of piperazine rings is 1. The molecule has 0 atom stereocenters. The quantitative estimate of drug-likeness (QED) is 0.380. The molecule has 0 bridgehead atoms. The van der Waals surface area contributed by atoms with E-state index in [1.807, 2.05) is 19.1 Å². The fraction of sp³-hybridized carbons (Fsp3) is 0.333. The molecule has 1 amide bonds. The number of amides is 1. The lowest BCUT2D eigenvalue weighted by atomic mass is 10.1. The Kier molecular flexibility index (Phi) is 6.91. The third-order valence-electron chi connectivity index (χ3n) is 5.63. The molecule has 0 spiro atoms. The number of rotatable bonds is 7. The lowest BCUT2D eigenvalue weighted by Crippen LogP contribution is -2.48. The van der Waals surface area contributed by atoms with Crippen LogP contribution in [0.2, 0.25) is 5.02 Å². The van der Waals surface area contributed by atoms with Crippen LogP contribution in [-0.2, 0) is 0 Å². The lowest BCUT2D eigenvalue weighted by Gasteiger charge is -2.34. The van der Waals surface area contributed by atoms with Crippen LogP contribution in [0.4, 0.5) is 16.5 Å². The number of hydrogen-bond acceptors (Lipinski definition) is 9. The Morgan fingerprint density at radius 3 is 2.35 bits per heavy atom. The largest absolute Gasteiger partial charge is 0.351 e. The highest BCUT2D eigenvalue weighted by Crippen LogP contribution is 2.35. The van der Waals surface area contributed by atoms with E-state index in [0.717, 1.165) is 65.3 Å². The number of fused-ring (bicyclic) bond motifs is 1. The summed E-state index contributed by atoms with van der Waals surface area (Å²) in [6.07, 6.45) is 0. The number of carbonyl (C=O) groups is 1. The molecule has 1 aliphatic heterocycles. The van der Waals surface area contributed by atoms with Crippen molar-refractivity contribution in [2.75, 3.05) is 44.2 Å². The van der Waals surface area contributed by atoms with Crippen LogP contribution >= 0.6 is 22.9 Å². The van der Waals surface area contributed by atoms with Crippen LogP contribution in [-0.4, -0.2) is 64.9 Å². The van der Waals surface area contributed by atoms with Crippen LogP contribution in [0.15, 0.2) is 30.3 Å². The van der Waals surface area contributed by atoms with E-state index in [1.165, 1.54) is 0 Å². The summed E-state index contributed by atoms with van der Waals surface area (Å²) in [6, 6.07) is 6.75. The van der Waals surface area contributed by atoms with Gasteiger partial charge in [-0.25, -0.2) is 4.98 Å². The van der Waals surface area contributed by atoms with Gasteiger partial charge in [-0.15, -0.1) is 0 Å². The second-order valence-corrected chi connectivity index (χ2v) is 9.26. The maximum Gasteiger partial charge on any atom is 0.277 e. The van der Waals surface area contributed by atoms with E-state index in [4.69, 9.17) is 16.6 Å². The molecule has 0 saturated carbocycles. The van der Waals surface area contributed by atoms with E-state index in [0.29, 0.717) is 18.1 Å². The van der Waals surface area contributed by atoms with Crippen LogP contribution in [0.1, 0.15) is 15.9 Å². The highest BCUT2D eigenvalue weighted by Gasteiger charge is 2.22. The molecule has 2 aromatic carbocycles. The number of hydrogen-bond donors (Lipinski definition) is 1. The zero-order valence-corrected chi connectivity index (χ0v) is 19.8. The maximum atomic E-state index is 12.4. The average molecular weight is 505 g/mol. The van der Waals surface area contributed by atoms with Crippen molar-refractivity contribution in [3.05, 3.63) is 66.7 Å². The van der Waals surface area contributed by atoms with Crippen molar-refractivity contribution >= 4 is 55.6 Å². The number of thiazole rings is 1. The van der Waals surface area contributed by atoms with Gasteiger partial charge >= 0.3 is 0 Å². The highest BCUT2D eigenvalue weighted by atomic mass is 35.5. The van der Waals surface area contributed by atoms with Gasteiger partial charge in [0.15, 0.2) is 5.13 Å². The Bertz CT molecular complexity index is 1200. The number of aromatic nitrogens is 1. The third-order valence-corrected chi connectivity index (χ3v) is 7.21. The van der Waals surface area contributed by atoms with Gasteiger partial charge in [0.1, 0.15) is 0 Å². The first-order chi connectivity index (χ1) is 16.2. The molecule has 2 heterocycles. The van der Waals surface area contributed by atoms with Crippen LogP contribution in [0.25, 0.3) is 10.2 Å². The molecule has 34 heavy (non-hydrogen) atoms. The number of nitrogens with one attached hydrogen (secondary N) is 1. The highest BCUT2D eigenvalue weighted by molar-refractivity contribution is 7.22. The van der Waals surface area contributed by atoms with Crippen LogP contribution < -0.4 is 10.2 Å². The topological polar surface area (TPSA) is 135 Å². The smallest absolute Gasteiger partial charge is 0.277 e. The Balaban J connectivity index is 1.31. The molecule has 1 saturated heterocycles. The van der Waals surface area contributed by atoms with E-state index in [9.17, 15) is 25.0 Å². The lowest BCUT2D eigenvalue weighted by molar-refractivity contribution is -0.394. The molecule has 178 valence electrons. The maximum absolute atomic E-state index is 12.4. The number of aryl methyl sites for hydroxylation is 1. The van der Waals surface area contributed by atoms with E-state index in [1.54, 1.807) is 11.3 Å². The van der Waals surface area contributed by atoms with Gasteiger partial charge in [0, 0.05) is 51.4 Å². The predicted molar refractivity (Wildman–Crippen MR) is 130 cm³/mol. The number of halogens is 1. The molecule has 4 rings (SSSR count). The average Bonchev–Trinajstić information content (AvgIpc) is 3.28. The first-order valence-electron chi connectivity index (χ1n) is 10.5. The van der Waals surface area contributed by atoms with Gasteiger partial charge in [0.05, 0.1) is 36.7 Å². The minimum atomic E-state index is -0.760. The number of benzene rings is 2. The molecule has 11 nitrogen and oxygen atoms in total. The summed E-state index contributed by atoms with van der Waals surface area (Å²) < 4.78 is 0.989. The van der Waals surface area contributed by atoms with Gasteiger partial charge in [0.25, 0.3) is 17.3 Å². The number of anilines is 1. The fourth-order valence-electron chi connectivity index (χ4n) is 3.76. The fourth-order valence-corrected chi connectivity index (χ4v) is 5.12. The molecule has 1 aromatic heterocycles. The van der Waals surface area contributed by atoms with Crippen LogP contribution in [0, 0.1) is 27.2 Å². The van der Waals surface area contributed by atoms with Gasteiger partial charge in [-0.3, -0.25) is 29.9 Å². The van der Waals surface area contributed by atoms with Crippen molar-refractivity contribution in [1.29, 1.82) is 0 Å². The van der Waals surface area contributed by atoms with Crippen LogP contribution in [0.5, 0.6) is 0 Å². The van der Waals surface area contributed by atoms with Crippen molar-refractivity contribution in [2.45, 2.75) is 6.92 Å². The molecular formula is C21H21ClN6O5S. The van der Waals surface area contributed by atoms with Gasteiger partial charge in [-0.1, -0.05) is 29.0 Å². The van der Waals surface area contributed by atoms with E-state index >= 15 is 0 Å². The third kappa shape index (κ3) is 5.08. The minimum Gasteiger partial charge on any atom is -0.351 e. The SMILES string of the molecule is Cc1ccc(Cl)c2sc(N3CCN(CCNC(=O)c4cc([N+](=O)[O-])cc([N+](=O)[O-])c4)CC3)nc12. The molecule has 0 unspecified atom stereocenters. The number of nitrogens with zero attached hydrogens (tertiary/aromatic N) is 5. The predicted octanol–water partition coefficient (Wildman–Crippen LogP) is 3.63. The molecule has 0 radical (unpaired) electrons. The summed E-state index contributed by atoms with van der Waals surface area (Å²) in [4.78, 5) is 42.1. The summed E-state index contributed by atoms with van der Waals surface area (Å²) in [7, 11) is 0. The first-order valence-corrected chi connectivity index (χ1v) is 11.7. The van der Waals surface area contributed by atoms with Gasteiger partial charge in [-0.05, 0) is 18.6 Å². The zero-order chi connectivity index (χ0) is 24.4. The Morgan fingerprint density at radius 1 is 1.12 bits per heavy atom. The molecule has 3 aromatic rings. The molecule has 13 heteroatoms. The summed E-state index contributed by atoms with van der Waals surface area (Å²) >= 11 is 7.91. The van der Waals surface area contributed by atoms with Crippen molar-refractivity contribution in [1.82, 2.24) is 15.2 Å². The van der Waals surface area contributed by atoms with Crippen LogP contribution in [0.3, 0.4) is 0 Å². The zero-order valence-electron chi connectivity index (χ0n) is 18.2. The van der Waals surface area contributed by atoms with E-state index in [2.05, 4.69) is 15.1 Å². The normalized spacial score (nSPS) is 14.4. The van der Waals surface area contributed by atoms with Gasteiger partial charge in [-0.2, -0.15) is 0 Å². The standard InChI is InChI=1S/C21H21ClN6O5S/c1-13-2-3-17(22)19-18(13)24-21(34-19)26-8-6-25(7-9-26)5-4-23-20(29)14-10-15(27(30)31)12-16(11-14)28(32)33/h2-3,10-12H,4-9H2,1H3,(H,23,29). The molecule has 1 N–H and O–H groups in total. The second-order valence-electron chi connectivity index (χ2n) is 7.88. The summed E-state index contributed by atoms with van der Waals surface area (Å²) in [5, 5.41) is 26.4. The molecular weight excluding hydrogens is 484 g/mol. The Hall–Kier alpha value is -3.35. The number of carbonyl (C=O) groups excluding carboxylic acids is 1. The van der Waals surface area contributed by atoms with Crippen molar-refractivity contribution < 1.29 is 14.6 Å². The van der Waals surface area contributed by atoms with Crippen molar-refractivity contribution in [2.24, 2.45) is 0 Å². The summed E-state index contributed by atoms with van der Waals surface area (Å²) in [6.45, 7) is 6.03. The van der Waals surface area contributed by atoms with Gasteiger partial charge < -0.3 is 10.2 Å². The molecule has 0 aliphatic carbocycles. The molecule has 1 aliphatic rings. The Morgan fingerprint density at radius 2 is 1.76 bits per heavy atom. The number of non-ortho nitro benzene ring substituents is 2. The first kappa shape index (κ1) is 23.8. The minimum absolute atomic E-state index is 0.115. The van der Waals surface area contributed by atoms with Crippen molar-refractivity contribution in [3.8, 4) is 0 Å². The number of nitro groups is 2. The Labute approximate surface area is 203 Å². The molecule has 1 fully saturated rings. The van der Waals surface area contributed by atoms with Gasteiger partial charge in [0.2, 0.25) is 0 Å². The monoisotopic (exact) mass is 504 g/mol.